The van der Waals surface area contributed by atoms with Crippen molar-refractivity contribution in [2.24, 2.45) is 0 Å². The van der Waals surface area contributed by atoms with Gasteiger partial charge in [0.1, 0.15) is 11.5 Å². The fourth-order valence-corrected chi connectivity index (χ4v) is 2.96. The zero-order valence-electron chi connectivity index (χ0n) is 12.4. The van der Waals surface area contributed by atoms with Gasteiger partial charge in [-0.25, -0.2) is 0 Å². The molecule has 1 unspecified atom stereocenters. The third-order valence-corrected chi connectivity index (χ3v) is 4.29. The maximum atomic E-state index is 5.31. The van der Waals surface area contributed by atoms with Crippen molar-refractivity contribution in [1.29, 1.82) is 0 Å². The molecule has 1 N–H and O–H groups in total. The minimum Gasteiger partial charge on any atom is -0.497 e. The van der Waals surface area contributed by atoms with Crippen LogP contribution in [-0.4, -0.2) is 44.3 Å². The van der Waals surface area contributed by atoms with Crippen LogP contribution in [0, 0.1) is 0 Å². The van der Waals surface area contributed by atoms with Gasteiger partial charge in [-0.15, -0.1) is 0 Å². The molecule has 0 spiro atoms. The van der Waals surface area contributed by atoms with Gasteiger partial charge in [0.15, 0.2) is 0 Å². The molecule has 1 aliphatic carbocycles. The third-order valence-electron chi connectivity index (χ3n) is 4.29. The largest absolute Gasteiger partial charge is 0.497 e. The first-order valence-corrected chi connectivity index (χ1v) is 7.48. The number of rotatable bonds is 6. The molecule has 1 atom stereocenters. The Kier molecular flexibility index (Phi) is 4.13. The Balaban J connectivity index is 1.55. The molecule has 1 saturated carbocycles. The standard InChI is InChI=1S/C16H24N2O2/c1-19-15-7-12(8-16(9-15)20-2)10-17-13-5-6-18(11-13)14-3-4-14/h7-9,13-14,17H,3-6,10-11H2,1-2H3. The van der Waals surface area contributed by atoms with Gasteiger partial charge in [0.2, 0.25) is 0 Å². The summed E-state index contributed by atoms with van der Waals surface area (Å²) in [4.78, 5) is 2.63. The smallest absolute Gasteiger partial charge is 0.122 e. The Labute approximate surface area is 121 Å². The van der Waals surface area contributed by atoms with E-state index in [0.29, 0.717) is 6.04 Å². The van der Waals surface area contributed by atoms with Gasteiger partial charge in [0, 0.05) is 37.8 Å². The molecule has 1 aliphatic heterocycles. The molecule has 2 fully saturated rings. The van der Waals surface area contributed by atoms with Gasteiger partial charge in [-0.05, 0) is 37.0 Å². The van der Waals surface area contributed by atoms with Gasteiger partial charge in [0.25, 0.3) is 0 Å². The fraction of sp³-hybridized carbons (Fsp3) is 0.625. The number of nitrogens with one attached hydrogen (secondary N) is 1. The maximum Gasteiger partial charge on any atom is 0.122 e. The molecule has 4 heteroatoms. The molecule has 1 aromatic rings. The minimum absolute atomic E-state index is 0.618. The van der Waals surface area contributed by atoms with Gasteiger partial charge in [-0.1, -0.05) is 0 Å². The Morgan fingerprint density at radius 2 is 1.80 bits per heavy atom. The van der Waals surface area contributed by atoms with Crippen LogP contribution in [-0.2, 0) is 6.54 Å². The highest BCUT2D eigenvalue weighted by Crippen LogP contribution is 2.30. The van der Waals surface area contributed by atoms with E-state index < -0.39 is 0 Å². The summed E-state index contributed by atoms with van der Waals surface area (Å²) in [5.41, 5.74) is 1.21. The molecule has 0 aromatic heterocycles. The molecule has 1 aromatic carbocycles. The van der Waals surface area contributed by atoms with Crippen molar-refractivity contribution in [2.45, 2.75) is 37.9 Å². The zero-order chi connectivity index (χ0) is 13.9. The normalized spacial score (nSPS) is 23.0. The van der Waals surface area contributed by atoms with Crippen molar-refractivity contribution < 1.29 is 9.47 Å². The predicted octanol–water partition coefficient (Wildman–Crippen LogP) is 2.03. The van der Waals surface area contributed by atoms with E-state index in [4.69, 9.17) is 9.47 Å². The highest BCUT2D eigenvalue weighted by atomic mass is 16.5. The molecular weight excluding hydrogens is 252 g/mol. The third kappa shape index (κ3) is 3.25. The Hall–Kier alpha value is -1.26. The highest BCUT2D eigenvalue weighted by molar-refractivity contribution is 5.38. The summed E-state index contributed by atoms with van der Waals surface area (Å²) in [6.07, 6.45) is 4.07. The van der Waals surface area contributed by atoms with E-state index in [-0.39, 0.29) is 0 Å². The van der Waals surface area contributed by atoms with Crippen molar-refractivity contribution in [1.82, 2.24) is 10.2 Å². The van der Waals surface area contributed by atoms with E-state index in [1.165, 1.54) is 37.9 Å². The molecule has 0 bridgehead atoms. The van der Waals surface area contributed by atoms with Crippen LogP contribution in [0.4, 0.5) is 0 Å². The summed E-state index contributed by atoms with van der Waals surface area (Å²) in [6.45, 7) is 3.33. The second kappa shape index (κ2) is 6.02. The predicted molar refractivity (Wildman–Crippen MR) is 79.4 cm³/mol. The van der Waals surface area contributed by atoms with E-state index >= 15 is 0 Å². The maximum absolute atomic E-state index is 5.31. The van der Waals surface area contributed by atoms with Crippen molar-refractivity contribution >= 4 is 0 Å². The number of nitrogens with zero attached hydrogens (tertiary/aromatic N) is 1. The van der Waals surface area contributed by atoms with Crippen molar-refractivity contribution in [2.75, 3.05) is 27.3 Å². The number of hydrogen-bond acceptors (Lipinski definition) is 4. The lowest BCUT2D eigenvalue weighted by atomic mass is 10.1. The summed E-state index contributed by atoms with van der Waals surface area (Å²) in [5.74, 6) is 1.71. The molecule has 0 amide bonds. The summed E-state index contributed by atoms with van der Waals surface area (Å²) in [6, 6.07) is 7.56. The molecule has 110 valence electrons. The lowest BCUT2D eigenvalue weighted by Gasteiger charge is -2.16. The summed E-state index contributed by atoms with van der Waals surface area (Å²) in [5, 5.41) is 3.66. The number of hydrogen-bond donors (Lipinski definition) is 1. The van der Waals surface area contributed by atoms with Crippen LogP contribution in [0.5, 0.6) is 11.5 Å². The molecule has 4 nitrogen and oxygen atoms in total. The second-order valence-corrected chi connectivity index (χ2v) is 5.81. The van der Waals surface area contributed by atoms with E-state index in [1.54, 1.807) is 14.2 Å². The monoisotopic (exact) mass is 276 g/mol. The van der Waals surface area contributed by atoms with Gasteiger partial charge < -0.3 is 14.8 Å². The van der Waals surface area contributed by atoms with E-state index in [0.717, 1.165) is 24.1 Å². The number of likely N-dealkylation sites (tertiary alicyclic amines) is 1. The van der Waals surface area contributed by atoms with E-state index in [9.17, 15) is 0 Å². The number of ether oxygens (including phenoxy) is 2. The van der Waals surface area contributed by atoms with Crippen LogP contribution < -0.4 is 14.8 Å². The van der Waals surface area contributed by atoms with Crippen LogP contribution in [0.1, 0.15) is 24.8 Å². The van der Waals surface area contributed by atoms with E-state index in [1.807, 2.05) is 6.07 Å². The van der Waals surface area contributed by atoms with Crippen molar-refractivity contribution in [3.05, 3.63) is 23.8 Å². The SMILES string of the molecule is COc1cc(CNC2CCN(C3CC3)C2)cc(OC)c1. The average molecular weight is 276 g/mol. The van der Waals surface area contributed by atoms with Gasteiger partial charge >= 0.3 is 0 Å². The lowest BCUT2D eigenvalue weighted by molar-refractivity contribution is 0.317. The van der Waals surface area contributed by atoms with Crippen molar-refractivity contribution in [3.8, 4) is 11.5 Å². The summed E-state index contributed by atoms with van der Waals surface area (Å²) >= 11 is 0. The highest BCUT2D eigenvalue weighted by Gasteiger charge is 2.33. The van der Waals surface area contributed by atoms with Crippen molar-refractivity contribution in [3.63, 3.8) is 0 Å². The Morgan fingerprint density at radius 1 is 1.10 bits per heavy atom. The molecule has 20 heavy (non-hydrogen) atoms. The molecule has 1 heterocycles. The van der Waals surface area contributed by atoms with Gasteiger partial charge in [0.05, 0.1) is 14.2 Å². The first-order valence-electron chi connectivity index (χ1n) is 7.48. The molecule has 1 saturated heterocycles. The Morgan fingerprint density at radius 3 is 2.40 bits per heavy atom. The first kappa shape index (κ1) is 13.7. The second-order valence-electron chi connectivity index (χ2n) is 5.81. The molecule has 0 radical (unpaired) electrons. The van der Waals surface area contributed by atoms with Gasteiger partial charge in [-0.3, -0.25) is 4.90 Å². The average Bonchev–Trinajstić information content (AvgIpc) is 3.23. The zero-order valence-corrected chi connectivity index (χ0v) is 12.4. The van der Waals surface area contributed by atoms with Crippen LogP contribution >= 0.6 is 0 Å². The molecular formula is C16H24N2O2. The summed E-state index contributed by atoms with van der Waals surface area (Å²) in [7, 11) is 3.38. The Bertz CT molecular complexity index is 438. The van der Waals surface area contributed by atoms with Crippen LogP contribution in [0.15, 0.2) is 18.2 Å². The fourth-order valence-electron chi connectivity index (χ4n) is 2.96. The quantitative estimate of drug-likeness (QED) is 0.862. The topological polar surface area (TPSA) is 33.7 Å². The van der Waals surface area contributed by atoms with Crippen LogP contribution in [0.25, 0.3) is 0 Å². The summed E-state index contributed by atoms with van der Waals surface area (Å²) < 4.78 is 10.6. The van der Waals surface area contributed by atoms with Gasteiger partial charge in [-0.2, -0.15) is 0 Å². The minimum atomic E-state index is 0.618. The first-order chi connectivity index (χ1) is 9.78. The van der Waals surface area contributed by atoms with Crippen LogP contribution in [0.3, 0.4) is 0 Å². The van der Waals surface area contributed by atoms with E-state index in [2.05, 4.69) is 22.3 Å². The number of methoxy groups -OCH3 is 2. The molecule has 2 aliphatic rings. The van der Waals surface area contributed by atoms with Crippen LogP contribution in [0.2, 0.25) is 0 Å². The lowest BCUT2D eigenvalue weighted by Crippen LogP contribution is -2.32. The number of benzene rings is 1. The molecule has 3 rings (SSSR count).